The molecule has 1 nitrogen and oxygen atoms in total. The van der Waals surface area contributed by atoms with Gasteiger partial charge in [0.2, 0.25) is 0 Å². The Hall–Kier alpha value is -0.500. The van der Waals surface area contributed by atoms with E-state index in [0.717, 1.165) is 10.9 Å². The SMILES string of the molecule is CN1c2cc(Br)ccc2CC1(C)C. The molecule has 0 amide bonds. The Bertz CT molecular complexity index is 344. The molecule has 0 fully saturated rings. The van der Waals surface area contributed by atoms with E-state index < -0.39 is 0 Å². The molecule has 0 N–H and O–H groups in total. The molecule has 1 aromatic rings. The number of fused-ring (bicyclic) bond motifs is 1. The molecule has 1 aliphatic heterocycles. The second-order valence-electron chi connectivity index (χ2n) is 4.32. The monoisotopic (exact) mass is 239 g/mol. The minimum absolute atomic E-state index is 0.267. The molecule has 0 aromatic heterocycles. The van der Waals surface area contributed by atoms with Gasteiger partial charge in [0.15, 0.2) is 0 Å². The molecule has 0 radical (unpaired) electrons. The van der Waals surface area contributed by atoms with Crippen LogP contribution in [0.3, 0.4) is 0 Å². The first-order valence-corrected chi connectivity index (χ1v) is 5.32. The molecule has 0 spiro atoms. The Morgan fingerprint density at radius 1 is 1.38 bits per heavy atom. The topological polar surface area (TPSA) is 3.24 Å². The first kappa shape index (κ1) is 9.07. The predicted octanol–water partition coefficient (Wildman–Crippen LogP) is 3.22. The Labute approximate surface area is 87.9 Å². The van der Waals surface area contributed by atoms with Crippen molar-refractivity contribution >= 4 is 21.6 Å². The number of rotatable bonds is 0. The Morgan fingerprint density at radius 2 is 2.08 bits per heavy atom. The first-order valence-electron chi connectivity index (χ1n) is 4.53. The van der Waals surface area contributed by atoms with E-state index in [4.69, 9.17) is 0 Å². The standard InChI is InChI=1S/C11H14BrN/c1-11(2)7-8-4-5-9(12)6-10(8)13(11)3/h4-6H,7H2,1-3H3. The number of hydrogen-bond donors (Lipinski definition) is 0. The minimum atomic E-state index is 0.267. The minimum Gasteiger partial charge on any atom is -0.369 e. The summed E-state index contributed by atoms with van der Waals surface area (Å²) in [6.45, 7) is 4.56. The molecule has 2 rings (SSSR count). The fourth-order valence-electron chi connectivity index (χ4n) is 1.91. The first-order chi connectivity index (χ1) is 6.00. The van der Waals surface area contributed by atoms with E-state index in [1.165, 1.54) is 11.3 Å². The van der Waals surface area contributed by atoms with E-state index in [1.807, 2.05) is 0 Å². The van der Waals surface area contributed by atoms with Gasteiger partial charge in [0.05, 0.1) is 0 Å². The molecule has 0 atom stereocenters. The van der Waals surface area contributed by atoms with E-state index in [-0.39, 0.29) is 5.54 Å². The van der Waals surface area contributed by atoms with Crippen LogP contribution < -0.4 is 4.90 Å². The van der Waals surface area contributed by atoms with Gasteiger partial charge in [-0.25, -0.2) is 0 Å². The third-order valence-corrected chi connectivity index (χ3v) is 3.43. The summed E-state index contributed by atoms with van der Waals surface area (Å²) in [5, 5.41) is 0. The van der Waals surface area contributed by atoms with Crippen LogP contribution in [0.15, 0.2) is 22.7 Å². The van der Waals surface area contributed by atoms with Gasteiger partial charge in [-0.2, -0.15) is 0 Å². The van der Waals surface area contributed by atoms with Crippen LogP contribution in [-0.4, -0.2) is 12.6 Å². The molecule has 1 heterocycles. The molecule has 2 heteroatoms. The molecule has 0 saturated heterocycles. The van der Waals surface area contributed by atoms with Crippen molar-refractivity contribution in [1.29, 1.82) is 0 Å². The molecule has 0 saturated carbocycles. The zero-order valence-corrected chi connectivity index (χ0v) is 9.85. The Balaban J connectivity index is 2.51. The summed E-state index contributed by atoms with van der Waals surface area (Å²) >= 11 is 3.50. The summed E-state index contributed by atoms with van der Waals surface area (Å²) in [5.41, 5.74) is 3.08. The average molecular weight is 240 g/mol. The van der Waals surface area contributed by atoms with Crippen molar-refractivity contribution in [3.8, 4) is 0 Å². The van der Waals surface area contributed by atoms with Gasteiger partial charge in [0.25, 0.3) is 0 Å². The highest BCUT2D eigenvalue weighted by Crippen LogP contribution is 2.38. The van der Waals surface area contributed by atoms with Crippen LogP contribution in [0.5, 0.6) is 0 Å². The van der Waals surface area contributed by atoms with Crippen LogP contribution in [0.2, 0.25) is 0 Å². The van der Waals surface area contributed by atoms with Gasteiger partial charge in [-0.1, -0.05) is 22.0 Å². The van der Waals surface area contributed by atoms with Crippen molar-refractivity contribution in [2.24, 2.45) is 0 Å². The van der Waals surface area contributed by atoms with Gasteiger partial charge in [-0.05, 0) is 38.0 Å². The summed E-state index contributed by atoms with van der Waals surface area (Å²) in [6, 6.07) is 6.53. The van der Waals surface area contributed by atoms with Crippen LogP contribution in [-0.2, 0) is 6.42 Å². The third-order valence-electron chi connectivity index (χ3n) is 2.94. The summed E-state index contributed by atoms with van der Waals surface area (Å²) in [6.07, 6.45) is 1.14. The lowest BCUT2D eigenvalue weighted by Crippen LogP contribution is -2.37. The number of benzene rings is 1. The Morgan fingerprint density at radius 3 is 2.77 bits per heavy atom. The smallest absolute Gasteiger partial charge is 0.0412 e. The molecule has 1 aromatic carbocycles. The second kappa shape index (κ2) is 2.74. The van der Waals surface area contributed by atoms with Crippen molar-refractivity contribution in [2.45, 2.75) is 25.8 Å². The molecule has 0 aliphatic carbocycles. The van der Waals surface area contributed by atoms with Crippen LogP contribution >= 0.6 is 15.9 Å². The molecule has 0 bridgehead atoms. The van der Waals surface area contributed by atoms with E-state index in [0.29, 0.717) is 0 Å². The molecule has 0 unspecified atom stereocenters. The normalized spacial score (nSPS) is 18.9. The fraction of sp³-hybridized carbons (Fsp3) is 0.455. The van der Waals surface area contributed by atoms with Crippen molar-refractivity contribution in [1.82, 2.24) is 0 Å². The molecule has 70 valence electrons. The highest BCUT2D eigenvalue weighted by molar-refractivity contribution is 9.10. The second-order valence-corrected chi connectivity index (χ2v) is 5.24. The average Bonchev–Trinajstić information content (AvgIpc) is 2.26. The predicted molar refractivity (Wildman–Crippen MR) is 60.3 cm³/mol. The molecular formula is C11H14BrN. The summed E-state index contributed by atoms with van der Waals surface area (Å²) in [4.78, 5) is 2.35. The quantitative estimate of drug-likeness (QED) is 0.673. The van der Waals surface area contributed by atoms with Crippen LogP contribution in [0.4, 0.5) is 5.69 Å². The highest BCUT2D eigenvalue weighted by atomic mass is 79.9. The number of halogens is 1. The van der Waals surface area contributed by atoms with E-state index >= 15 is 0 Å². The van der Waals surface area contributed by atoms with E-state index in [9.17, 15) is 0 Å². The fourth-order valence-corrected chi connectivity index (χ4v) is 2.26. The molecule has 13 heavy (non-hydrogen) atoms. The third kappa shape index (κ3) is 1.37. The number of anilines is 1. The van der Waals surface area contributed by atoms with Gasteiger partial charge in [0.1, 0.15) is 0 Å². The summed E-state index contributed by atoms with van der Waals surface area (Å²) in [7, 11) is 2.16. The number of hydrogen-bond acceptors (Lipinski definition) is 1. The van der Waals surface area contributed by atoms with Crippen molar-refractivity contribution in [3.63, 3.8) is 0 Å². The van der Waals surface area contributed by atoms with Gasteiger partial charge < -0.3 is 4.90 Å². The lowest BCUT2D eigenvalue weighted by atomic mass is 10.00. The zero-order chi connectivity index (χ0) is 9.64. The van der Waals surface area contributed by atoms with Gasteiger partial charge >= 0.3 is 0 Å². The van der Waals surface area contributed by atoms with Gasteiger partial charge in [-0.15, -0.1) is 0 Å². The Kier molecular flexibility index (Phi) is 1.91. The maximum Gasteiger partial charge on any atom is 0.0412 e. The molecular weight excluding hydrogens is 226 g/mol. The number of nitrogens with zero attached hydrogens (tertiary/aromatic N) is 1. The van der Waals surface area contributed by atoms with Crippen molar-refractivity contribution in [2.75, 3.05) is 11.9 Å². The van der Waals surface area contributed by atoms with Crippen molar-refractivity contribution < 1.29 is 0 Å². The molecule has 1 aliphatic rings. The van der Waals surface area contributed by atoms with Crippen molar-refractivity contribution in [3.05, 3.63) is 28.2 Å². The largest absolute Gasteiger partial charge is 0.369 e. The summed E-state index contributed by atoms with van der Waals surface area (Å²) < 4.78 is 1.16. The van der Waals surface area contributed by atoms with Gasteiger partial charge in [-0.3, -0.25) is 0 Å². The maximum atomic E-state index is 3.50. The lowest BCUT2D eigenvalue weighted by molar-refractivity contribution is 0.516. The van der Waals surface area contributed by atoms with E-state index in [2.05, 4.69) is 59.9 Å². The van der Waals surface area contributed by atoms with Crippen LogP contribution in [0, 0.1) is 0 Å². The highest BCUT2D eigenvalue weighted by Gasteiger charge is 2.32. The lowest BCUT2D eigenvalue weighted by Gasteiger charge is -2.30. The maximum absolute atomic E-state index is 3.50. The van der Waals surface area contributed by atoms with Gasteiger partial charge in [0, 0.05) is 22.7 Å². The van der Waals surface area contributed by atoms with Crippen LogP contribution in [0.25, 0.3) is 0 Å². The summed E-state index contributed by atoms with van der Waals surface area (Å²) in [5.74, 6) is 0. The number of likely N-dealkylation sites (N-methyl/N-ethyl adjacent to an activating group) is 1. The zero-order valence-electron chi connectivity index (χ0n) is 8.26. The van der Waals surface area contributed by atoms with E-state index in [1.54, 1.807) is 0 Å². The van der Waals surface area contributed by atoms with Crippen LogP contribution in [0.1, 0.15) is 19.4 Å².